The third-order valence-electron chi connectivity index (χ3n) is 3.22. The number of nitrogens with one attached hydrogen (secondary N) is 2. The van der Waals surface area contributed by atoms with E-state index in [0.29, 0.717) is 0 Å². The molecule has 0 radical (unpaired) electrons. The van der Waals surface area contributed by atoms with Crippen LogP contribution < -0.4 is 15.4 Å². The van der Waals surface area contributed by atoms with Gasteiger partial charge >= 0.3 is 6.03 Å². The van der Waals surface area contributed by atoms with Crippen molar-refractivity contribution in [2.24, 2.45) is 0 Å². The van der Waals surface area contributed by atoms with Gasteiger partial charge in [0.05, 0.1) is 13.2 Å². The van der Waals surface area contributed by atoms with Crippen LogP contribution in [-0.2, 0) is 0 Å². The van der Waals surface area contributed by atoms with E-state index in [9.17, 15) is 4.79 Å². The number of urea groups is 1. The lowest BCUT2D eigenvalue weighted by atomic mass is 10.1. The second-order valence-corrected chi connectivity index (χ2v) is 4.97. The highest BCUT2D eigenvalue weighted by molar-refractivity contribution is 5.89. The Morgan fingerprint density at radius 3 is 2.62 bits per heavy atom. The van der Waals surface area contributed by atoms with E-state index < -0.39 is 0 Å². The summed E-state index contributed by atoms with van der Waals surface area (Å²) in [5.74, 6) is 0.778. The van der Waals surface area contributed by atoms with Gasteiger partial charge in [0.2, 0.25) is 0 Å². The fraction of sp³-hybridized carbons (Fsp3) is 0.235. The Morgan fingerprint density at radius 1 is 1.14 bits per heavy atom. The maximum absolute atomic E-state index is 12.0. The van der Waals surface area contributed by atoms with Crippen LogP contribution in [0, 0.1) is 6.92 Å². The summed E-state index contributed by atoms with van der Waals surface area (Å²) in [5, 5.41) is 5.74. The average Bonchev–Trinajstić information content (AvgIpc) is 2.47. The summed E-state index contributed by atoms with van der Waals surface area (Å²) >= 11 is 0. The monoisotopic (exact) mass is 284 g/mol. The fourth-order valence-electron chi connectivity index (χ4n) is 2.08. The van der Waals surface area contributed by atoms with Gasteiger partial charge < -0.3 is 15.4 Å². The van der Waals surface area contributed by atoms with Crippen molar-refractivity contribution in [3.8, 4) is 5.75 Å². The van der Waals surface area contributed by atoms with Gasteiger partial charge in [-0.1, -0.05) is 24.3 Å². The number of rotatable bonds is 4. The van der Waals surface area contributed by atoms with Crippen molar-refractivity contribution in [2.45, 2.75) is 19.9 Å². The summed E-state index contributed by atoms with van der Waals surface area (Å²) < 4.78 is 5.19. The zero-order valence-corrected chi connectivity index (χ0v) is 12.5. The molecule has 0 saturated heterocycles. The van der Waals surface area contributed by atoms with Gasteiger partial charge in [-0.15, -0.1) is 0 Å². The number of carbonyl (C=O) groups is 1. The van der Waals surface area contributed by atoms with Gasteiger partial charge in [0.25, 0.3) is 0 Å². The number of carbonyl (C=O) groups excluding carboxylic acids is 1. The maximum Gasteiger partial charge on any atom is 0.319 e. The largest absolute Gasteiger partial charge is 0.497 e. The number of ether oxygens (including phenoxy) is 1. The topological polar surface area (TPSA) is 50.4 Å². The zero-order chi connectivity index (χ0) is 15.2. The highest BCUT2D eigenvalue weighted by Gasteiger charge is 2.10. The molecule has 2 aromatic carbocycles. The van der Waals surface area contributed by atoms with Crippen molar-refractivity contribution in [1.82, 2.24) is 5.32 Å². The number of anilines is 1. The molecule has 0 aliphatic carbocycles. The van der Waals surface area contributed by atoms with Crippen molar-refractivity contribution in [3.63, 3.8) is 0 Å². The molecule has 0 unspecified atom stereocenters. The Balaban J connectivity index is 1.98. The van der Waals surface area contributed by atoms with Crippen LogP contribution in [0.25, 0.3) is 0 Å². The number of methoxy groups -OCH3 is 1. The van der Waals surface area contributed by atoms with E-state index in [1.807, 2.05) is 62.4 Å². The van der Waals surface area contributed by atoms with E-state index in [0.717, 1.165) is 22.6 Å². The summed E-state index contributed by atoms with van der Waals surface area (Å²) in [5.41, 5.74) is 2.88. The minimum atomic E-state index is -0.226. The minimum Gasteiger partial charge on any atom is -0.497 e. The van der Waals surface area contributed by atoms with Crippen LogP contribution in [0.5, 0.6) is 5.75 Å². The molecule has 2 amide bonds. The maximum atomic E-state index is 12.0. The molecule has 0 aliphatic rings. The highest BCUT2D eigenvalue weighted by Crippen LogP contribution is 2.19. The second kappa shape index (κ2) is 6.79. The molecule has 110 valence electrons. The van der Waals surface area contributed by atoms with Crippen LogP contribution >= 0.6 is 0 Å². The molecular formula is C17H20N2O2. The van der Waals surface area contributed by atoms with Crippen LogP contribution in [0.4, 0.5) is 10.5 Å². The molecule has 4 nitrogen and oxygen atoms in total. The lowest BCUT2D eigenvalue weighted by Crippen LogP contribution is -2.31. The molecule has 1 atom stereocenters. The molecule has 0 fully saturated rings. The third kappa shape index (κ3) is 4.24. The van der Waals surface area contributed by atoms with Crippen molar-refractivity contribution in [3.05, 3.63) is 59.7 Å². The van der Waals surface area contributed by atoms with Crippen LogP contribution in [0.15, 0.2) is 48.5 Å². The molecule has 21 heavy (non-hydrogen) atoms. The molecule has 0 saturated carbocycles. The first-order chi connectivity index (χ1) is 10.1. The van der Waals surface area contributed by atoms with Crippen molar-refractivity contribution in [1.29, 1.82) is 0 Å². The zero-order valence-electron chi connectivity index (χ0n) is 12.5. The molecule has 0 aromatic heterocycles. The number of hydrogen-bond donors (Lipinski definition) is 2. The van der Waals surface area contributed by atoms with E-state index in [-0.39, 0.29) is 12.1 Å². The number of aryl methyl sites for hydroxylation is 1. The summed E-state index contributed by atoms with van der Waals surface area (Å²) in [6.07, 6.45) is 0. The van der Waals surface area contributed by atoms with Crippen LogP contribution in [0.1, 0.15) is 24.1 Å². The normalized spacial score (nSPS) is 11.6. The van der Waals surface area contributed by atoms with Crippen LogP contribution in [0.3, 0.4) is 0 Å². The molecule has 0 spiro atoms. The van der Waals surface area contributed by atoms with E-state index in [2.05, 4.69) is 10.6 Å². The molecule has 0 heterocycles. The molecule has 4 heteroatoms. The highest BCUT2D eigenvalue weighted by atomic mass is 16.5. The van der Waals surface area contributed by atoms with Crippen molar-refractivity contribution in [2.75, 3.05) is 12.4 Å². The summed E-state index contributed by atoms with van der Waals surface area (Å²) in [6.45, 7) is 3.92. The number of benzene rings is 2. The van der Waals surface area contributed by atoms with Gasteiger partial charge in [0, 0.05) is 5.69 Å². The SMILES string of the molecule is COc1cccc([C@@H](C)NC(=O)Nc2cccc(C)c2)c1. The predicted molar refractivity (Wildman–Crippen MR) is 84.7 cm³/mol. The Morgan fingerprint density at radius 2 is 1.90 bits per heavy atom. The fourth-order valence-corrected chi connectivity index (χ4v) is 2.08. The second-order valence-electron chi connectivity index (χ2n) is 4.97. The average molecular weight is 284 g/mol. The molecule has 2 aromatic rings. The van der Waals surface area contributed by atoms with Crippen LogP contribution in [-0.4, -0.2) is 13.1 Å². The van der Waals surface area contributed by atoms with Crippen molar-refractivity contribution >= 4 is 11.7 Å². The molecule has 2 N–H and O–H groups in total. The molecule has 0 bridgehead atoms. The smallest absolute Gasteiger partial charge is 0.319 e. The van der Waals surface area contributed by atoms with E-state index >= 15 is 0 Å². The predicted octanol–water partition coefficient (Wildman–Crippen LogP) is 3.89. The summed E-state index contributed by atoms with van der Waals surface area (Å²) in [4.78, 5) is 12.0. The van der Waals surface area contributed by atoms with Gasteiger partial charge in [-0.25, -0.2) is 4.79 Å². The first-order valence-corrected chi connectivity index (χ1v) is 6.86. The van der Waals surface area contributed by atoms with E-state index in [4.69, 9.17) is 4.74 Å². The summed E-state index contributed by atoms with van der Waals surface area (Å²) in [6, 6.07) is 15.0. The Labute approximate surface area is 125 Å². The molecule has 2 rings (SSSR count). The Kier molecular flexibility index (Phi) is 4.82. The quantitative estimate of drug-likeness (QED) is 0.895. The molecular weight excluding hydrogens is 264 g/mol. The van der Waals surface area contributed by atoms with E-state index in [1.165, 1.54) is 0 Å². The first-order valence-electron chi connectivity index (χ1n) is 6.86. The Bertz CT molecular complexity index is 626. The number of hydrogen-bond acceptors (Lipinski definition) is 2. The van der Waals surface area contributed by atoms with Gasteiger partial charge in [0.1, 0.15) is 5.75 Å². The van der Waals surface area contributed by atoms with Gasteiger partial charge in [-0.05, 0) is 49.2 Å². The standard InChI is InChI=1S/C17H20N2O2/c1-12-6-4-8-15(10-12)19-17(20)18-13(2)14-7-5-9-16(11-14)21-3/h4-11,13H,1-3H3,(H2,18,19,20)/t13-/m1/s1. The Hall–Kier alpha value is -2.49. The van der Waals surface area contributed by atoms with Gasteiger partial charge in [-0.2, -0.15) is 0 Å². The minimum absolute atomic E-state index is 0.107. The molecule has 0 aliphatic heterocycles. The lowest BCUT2D eigenvalue weighted by Gasteiger charge is -2.16. The first kappa shape index (κ1) is 14.9. The van der Waals surface area contributed by atoms with Crippen molar-refractivity contribution < 1.29 is 9.53 Å². The summed E-state index contributed by atoms with van der Waals surface area (Å²) in [7, 11) is 1.63. The van der Waals surface area contributed by atoms with E-state index in [1.54, 1.807) is 7.11 Å². The van der Waals surface area contributed by atoms with Gasteiger partial charge in [-0.3, -0.25) is 0 Å². The third-order valence-corrected chi connectivity index (χ3v) is 3.22. The lowest BCUT2D eigenvalue weighted by molar-refractivity contribution is 0.249. The number of amides is 2. The van der Waals surface area contributed by atoms with Crippen LogP contribution in [0.2, 0.25) is 0 Å². The van der Waals surface area contributed by atoms with Gasteiger partial charge in [0.15, 0.2) is 0 Å².